The van der Waals surface area contributed by atoms with Crippen LogP contribution in [0.5, 0.6) is 0 Å². The van der Waals surface area contributed by atoms with Crippen LogP contribution < -0.4 is 4.72 Å². The first-order chi connectivity index (χ1) is 6.75. The van der Waals surface area contributed by atoms with Gasteiger partial charge in [-0.05, 0) is 12.1 Å². The van der Waals surface area contributed by atoms with E-state index in [0.29, 0.717) is 10.8 Å². The predicted octanol–water partition coefficient (Wildman–Crippen LogP) is 1.61. The van der Waals surface area contributed by atoms with Gasteiger partial charge < -0.3 is 13.7 Å². The van der Waals surface area contributed by atoms with E-state index in [4.69, 9.17) is 4.42 Å². The van der Waals surface area contributed by atoms with Gasteiger partial charge in [-0.1, -0.05) is 0 Å². The van der Waals surface area contributed by atoms with Gasteiger partial charge in [-0.15, -0.1) is 11.3 Å². The normalized spacial score (nSPS) is 12.6. The van der Waals surface area contributed by atoms with Crippen LogP contribution in [0.2, 0.25) is 0 Å². The summed E-state index contributed by atoms with van der Waals surface area (Å²) in [4.78, 5) is 4.60. The van der Waals surface area contributed by atoms with Gasteiger partial charge in [-0.3, -0.25) is 4.21 Å². The zero-order valence-corrected chi connectivity index (χ0v) is 8.43. The maximum Gasteiger partial charge on any atom is 0.181 e. The Morgan fingerprint density at radius 2 is 2.43 bits per heavy atom. The molecule has 0 fully saturated rings. The third-order valence-corrected chi connectivity index (χ3v) is 3.00. The van der Waals surface area contributed by atoms with Gasteiger partial charge in [0.2, 0.25) is 0 Å². The highest BCUT2D eigenvalue weighted by atomic mass is 32.2. The smallest absolute Gasteiger partial charge is 0.181 e. The molecule has 0 aromatic carbocycles. The second kappa shape index (κ2) is 3.91. The summed E-state index contributed by atoms with van der Waals surface area (Å²) >= 11 is -1.00. The van der Waals surface area contributed by atoms with Crippen LogP contribution in [0.4, 0.5) is 5.00 Å². The standard InChI is InChI=1S/C7H6N2O3S2/c10-14(11)9-7-2-1-6(13-7)5-3-8-4-12-5/h1-4,9H,(H,10,11)/p-1. The van der Waals surface area contributed by atoms with Crippen molar-refractivity contribution in [2.45, 2.75) is 0 Å². The number of aromatic nitrogens is 1. The average Bonchev–Trinajstić information content (AvgIpc) is 2.69. The lowest BCUT2D eigenvalue weighted by molar-refractivity contribution is 0.543. The van der Waals surface area contributed by atoms with Crippen LogP contribution in [0, 0.1) is 0 Å². The Morgan fingerprint density at radius 3 is 3.07 bits per heavy atom. The summed E-state index contributed by atoms with van der Waals surface area (Å²) < 4.78 is 28.0. The van der Waals surface area contributed by atoms with E-state index in [1.165, 1.54) is 17.7 Å². The van der Waals surface area contributed by atoms with E-state index >= 15 is 0 Å². The first kappa shape index (κ1) is 9.38. The highest BCUT2D eigenvalue weighted by molar-refractivity contribution is 7.80. The topological polar surface area (TPSA) is 78.2 Å². The Balaban J connectivity index is 2.22. The van der Waals surface area contributed by atoms with Crippen molar-refractivity contribution in [3.05, 3.63) is 24.7 Å². The number of nitrogens with zero attached hydrogens (tertiary/aromatic N) is 1. The highest BCUT2D eigenvalue weighted by Crippen LogP contribution is 2.30. The number of hydrogen-bond acceptors (Lipinski definition) is 5. The summed E-state index contributed by atoms with van der Waals surface area (Å²) in [5.74, 6) is 0.625. The molecule has 0 aliphatic heterocycles. The van der Waals surface area contributed by atoms with Crippen LogP contribution in [0.25, 0.3) is 10.6 Å². The molecule has 2 heterocycles. The van der Waals surface area contributed by atoms with Crippen LogP contribution in [-0.4, -0.2) is 13.7 Å². The molecule has 2 aromatic heterocycles. The first-order valence-corrected chi connectivity index (χ1v) is 5.49. The molecule has 5 nitrogen and oxygen atoms in total. The molecule has 0 aliphatic rings. The maximum absolute atomic E-state index is 10.3. The number of nitrogens with one attached hydrogen (secondary N) is 1. The van der Waals surface area contributed by atoms with Crippen molar-refractivity contribution in [1.29, 1.82) is 0 Å². The summed E-state index contributed by atoms with van der Waals surface area (Å²) in [7, 11) is 0. The number of oxazole rings is 1. The minimum Gasteiger partial charge on any atom is -0.755 e. The molecule has 0 amide bonds. The second-order valence-electron chi connectivity index (χ2n) is 2.37. The second-order valence-corrected chi connectivity index (χ2v) is 4.12. The molecule has 1 unspecified atom stereocenters. The van der Waals surface area contributed by atoms with Gasteiger partial charge in [0.1, 0.15) is 0 Å². The Hall–Kier alpha value is -1.18. The van der Waals surface area contributed by atoms with E-state index in [-0.39, 0.29) is 0 Å². The van der Waals surface area contributed by atoms with Gasteiger partial charge in [-0.2, -0.15) is 0 Å². The van der Waals surface area contributed by atoms with Gasteiger partial charge in [-0.25, -0.2) is 4.98 Å². The van der Waals surface area contributed by atoms with Crippen molar-refractivity contribution < 1.29 is 13.2 Å². The lowest BCUT2D eigenvalue weighted by Crippen LogP contribution is -1.99. The molecule has 1 atom stereocenters. The van der Waals surface area contributed by atoms with E-state index < -0.39 is 11.3 Å². The summed E-state index contributed by atoms with van der Waals surface area (Å²) in [5.41, 5.74) is 0. The molecule has 1 N–H and O–H groups in total. The monoisotopic (exact) mass is 229 g/mol. The van der Waals surface area contributed by atoms with Crippen LogP contribution in [-0.2, 0) is 11.3 Å². The number of hydrogen-bond donors (Lipinski definition) is 1. The molecule has 0 saturated carbocycles. The molecule has 74 valence electrons. The third-order valence-electron chi connectivity index (χ3n) is 1.47. The Morgan fingerprint density at radius 1 is 1.57 bits per heavy atom. The fraction of sp³-hybridized carbons (Fsp3) is 0. The van der Waals surface area contributed by atoms with E-state index in [0.717, 1.165) is 4.88 Å². The van der Waals surface area contributed by atoms with Crippen LogP contribution in [0.3, 0.4) is 0 Å². The number of thiophene rings is 1. The van der Waals surface area contributed by atoms with Crippen molar-refractivity contribution in [2.24, 2.45) is 0 Å². The Kier molecular flexibility index (Phi) is 2.62. The largest absolute Gasteiger partial charge is 0.755 e. The Labute approximate surface area is 86.2 Å². The number of anilines is 1. The average molecular weight is 229 g/mol. The fourth-order valence-corrected chi connectivity index (χ4v) is 2.26. The molecule has 7 heteroatoms. The molecule has 0 bridgehead atoms. The third kappa shape index (κ3) is 2.00. The van der Waals surface area contributed by atoms with E-state index in [1.807, 2.05) is 0 Å². The minimum atomic E-state index is -2.29. The fourth-order valence-electron chi connectivity index (χ4n) is 0.945. The molecule has 0 radical (unpaired) electrons. The summed E-state index contributed by atoms with van der Waals surface area (Å²) in [6.45, 7) is 0. The van der Waals surface area contributed by atoms with Crippen molar-refractivity contribution in [2.75, 3.05) is 4.72 Å². The first-order valence-electron chi connectivity index (χ1n) is 3.60. The predicted molar refractivity (Wildman–Crippen MR) is 52.4 cm³/mol. The minimum absolute atomic E-state index is 0.546. The molecule has 0 aliphatic carbocycles. The van der Waals surface area contributed by atoms with Gasteiger partial charge >= 0.3 is 0 Å². The van der Waals surface area contributed by atoms with Crippen molar-refractivity contribution in [1.82, 2.24) is 4.98 Å². The lowest BCUT2D eigenvalue weighted by Gasteiger charge is -2.03. The molecule has 0 saturated heterocycles. The zero-order valence-electron chi connectivity index (χ0n) is 6.80. The zero-order chi connectivity index (χ0) is 9.97. The summed E-state index contributed by atoms with van der Waals surface area (Å²) in [6, 6.07) is 3.43. The molecular weight excluding hydrogens is 224 g/mol. The van der Waals surface area contributed by atoms with Crippen molar-refractivity contribution in [3.8, 4) is 10.6 Å². The van der Waals surface area contributed by atoms with Crippen LogP contribution >= 0.6 is 11.3 Å². The van der Waals surface area contributed by atoms with Gasteiger partial charge in [0, 0.05) is 11.3 Å². The van der Waals surface area contributed by atoms with Crippen molar-refractivity contribution >= 4 is 27.6 Å². The number of rotatable bonds is 3. The van der Waals surface area contributed by atoms with E-state index in [1.54, 1.807) is 18.3 Å². The maximum atomic E-state index is 10.3. The molecule has 2 rings (SSSR count). The Bertz CT molecular complexity index is 437. The van der Waals surface area contributed by atoms with E-state index in [9.17, 15) is 8.76 Å². The molecule has 14 heavy (non-hydrogen) atoms. The van der Waals surface area contributed by atoms with Crippen LogP contribution in [0.1, 0.15) is 0 Å². The van der Waals surface area contributed by atoms with Crippen molar-refractivity contribution in [3.63, 3.8) is 0 Å². The highest BCUT2D eigenvalue weighted by Gasteiger charge is 2.04. The van der Waals surface area contributed by atoms with Gasteiger partial charge in [0.15, 0.2) is 12.2 Å². The summed E-state index contributed by atoms with van der Waals surface area (Å²) in [5, 5.41) is 0.546. The van der Waals surface area contributed by atoms with Crippen LogP contribution in [0.15, 0.2) is 29.1 Å². The molecule has 0 spiro atoms. The van der Waals surface area contributed by atoms with Gasteiger partial charge in [0.05, 0.1) is 16.1 Å². The molecular formula is C7H5N2O3S2-. The van der Waals surface area contributed by atoms with Gasteiger partial charge in [0.25, 0.3) is 0 Å². The lowest BCUT2D eigenvalue weighted by atomic mass is 10.4. The summed E-state index contributed by atoms with van der Waals surface area (Å²) in [6.07, 6.45) is 2.90. The quantitative estimate of drug-likeness (QED) is 0.811. The van der Waals surface area contributed by atoms with E-state index in [2.05, 4.69) is 9.71 Å². The SMILES string of the molecule is O=S([O-])Nc1ccc(-c2cnco2)s1. The molecule has 2 aromatic rings.